The second-order valence-corrected chi connectivity index (χ2v) is 4.24. The zero-order chi connectivity index (χ0) is 10.8. The highest BCUT2D eigenvalue weighted by Gasteiger charge is 2.41. The number of hydrogen-bond donors (Lipinski definition) is 0. The molecule has 0 bridgehead atoms. The Morgan fingerprint density at radius 2 is 1.71 bits per heavy atom. The molecule has 0 spiro atoms. The van der Waals surface area contributed by atoms with Gasteiger partial charge in [0.05, 0.1) is 5.92 Å². The van der Waals surface area contributed by atoms with Crippen LogP contribution in [0.2, 0.25) is 0 Å². The third kappa shape index (κ3) is 3.48. The number of carbonyl (C=O) groups excluding carboxylic acids is 1. The van der Waals surface area contributed by atoms with Crippen molar-refractivity contribution in [2.75, 3.05) is 0 Å². The Hall–Kier alpha value is -0.250. The van der Waals surface area contributed by atoms with Crippen molar-refractivity contribution in [1.29, 1.82) is 0 Å². The van der Waals surface area contributed by atoms with Crippen molar-refractivity contribution >= 4 is 16.8 Å². The molecule has 0 amide bonds. The second kappa shape index (κ2) is 4.51. The molecule has 0 aliphatic heterocycles. The van der Waals surface area contributed by atoms with Crippen LogP contribution in [0.4, 0.5) is 13.2 Å². The fourth-order valence-electron chi connectivity index (χ4n) is 1.92. The molecule has 14 heavy (non-hydrogen) atoms. The normalized spacial score (nSPS) is 28.9. The standard InChI is InChI=1S/C9H12ClF3O/c10-8(14)5-6-1-3-7(4-2-6)9(11,12)13/h6-7H,1-5H2. The minimum absolute atomic E-state index is 0.0543. The zero-order valence-corrected chi connectivity index (χ0v) is 8.37. The first-order valence-electron chi connectivity index (χ1n) is 4.64. The lowest BCUT2D eigenvalue weighted by Crippen LogP contribution is -2.28. The molecule has 1 rings (SSSR count). The van der Waals surface area contributed by atoms with Gasteiger partial charge in [-0.1, -0.05) is 0 Å². The third-order valence-corrected chi connectivity index (χ3v) is 2.91. The lowest BCUT2D eigenvalue weighted by Gasteiger charge is -2.28. The number of carbonyl (C=O) groups is 1. The first-order valence-corrected chi connectivity index (χ1v) is 5.02. The maximum atomic E-state index is 12.2. The Morgan fingerprint density at radius 1 is 1.21 bits per heavy atom. The Kier molecular flexibility index (Phi) is 3.81. The molecule has 5 heteroatoms. The first-order chi connectivity index (χ1) is 6.39. The number of hydrogen-bond acceptors (Lipinski definition) is 1. The minimum Gasteiger partial charge on any atom is -0.281 e. The smallest absolute Gasteiger partial charge is 0.281 e. The largest absolute Gasteiger partial charge is 0.391 e. The molecule has 0 aromatic rings. The van der Waals surface area contributed by atoms with Crippen LogP contribution in [0.15, 0.2) is 0 Å². The Morgan fingerprint density at radius 3 is 2.07 bits per heavy atom. The SMILES string of the molecule is O=C(Cl)CC1CCC(C(F)(F)F)CC1. The Bertz CT molecular complexity index is 207. The van der Waals surface area contributed by atoms with Gasteiger partial charge in [-0.05, 0) is 43.2 Å². The second-order valence-electron chi connectivity index (χ2n) is 3.82. The molecular weight excluding hydrogens is 217 g/mol. The van der Waals surface area contributed by atoms with Gasteiger partial charge in [0, 0.05) is 6.42 Å². The van der Waals surface area contributed by atoms with Gasteiger partial charge in [-0.2, -0.15) is 13.2 Å². The summed E-state index contributed by atoms with van der Waals surface area (Å²) in [6.07, 6.45) is -2.66. The molecule has 0 aromatic carbocycles. The molecule has 82 valence electrons. The quantitative estimate of drug-likeness (QED) is 0.661. The molecular formula is C9H12ClF3O. The van der Waals surface area contributed by atoms with E-state index < -0.39 is 17.3 Å². The van der Waals surface area contributed by atoms with Crippen LogP contribution in [0.5, 0.6) is 0 Å². The van der Waals surface area contributed by atoms with E-state index in [9.17, 15) is 18.0 Å². The van der Waals surface area contributed by atoms with E-state index in [0.717, 1.165) is 0 Å². The first kappa shape index (κ1) is 11.8. The van der Waals surface area contributed by atoms with Crippen LogP contribution in [0.25, 0.3) is 0 Å². The van der Waals surface area contributed by atoms with Crippen molar-refractivity contribution in [3.05, 3.63) is 0 Å². The molecule has 0 aromatic heterocycles. The highest BCUT2D eigenvalue weighted by Crippen LogP contribution is 2.40. The fraction of sp³-hybridized carbons (Fsp3) is 0.889. The van der Waals surface area contributed by atoms with Crippen LogP contribution in [0, 0.1) is 11.8 Å². The lowest BCUT2D eigenvalue weighted by molar-refractivity contribution is -0.183. The molecule has 0 N–H and O–H groups in total. The summed E-state index contributed by atoms with van der Waals surface area (Å²) in [7, 11) is 0. The summed E-state index contributed by atoms with van der Waals surface area (Å²) in [5.41, 5.74) is 0. The van der Waals surface area contributed by atoms with E-state index >= 15 is 0 Å². The molecule has 0 radical (unpaired) electrons. The summed E-state index contributed by atoms with van der Waals surface area (Å²) in [6, 6.07) is 0. The summed E-state index contributed by atoms with van der Waals surface area (Å²) in [6.45, 7) is 0. The van der Waals surface area contributed by atoms with Crippen LogP contribution < -0.4 is 0 Å². The predicted octanol–water partition coefficient (Wildman–Crippen LogP) is 3.51. The summed E-state index contributed by atoms with van der Waals surface area (Å²) in [4.78, 5) is 10.5. The summed E-state index contributed by atoms with van der Waals surface area (Å²) < 4.78 is 36.7. The van der Waals surface area contributed by atoms with Crippen LogP contribution in [0.1, 0.15) is 32.1 Å². The monoisotopic (exact) mass is 228 g/mol. The lowest BCUT2D eigenvalue weighted by atomic mass is 9.80. The molecule has 1 fully saturated rings. The molecule has 0 saturated heterocycles. The molecule has 1 aliphatic carbocycles. The van der Waals surface area contributed by atoms with Crippen molar-refractivity contribution in [2.24, 2.45) is 11.8 Å². The van der Waals surface area contributed by atoms with Gasteiger partial charge in [0.25, 0.3) is 0 Å². The molecule has 0 heterocycles. The van der Waals surface area contributed by atoms with Crippen LogP contribution in [0.3, 0.4) is 0 Å². The van der Waals surface area contributed by atoms with E-state index in [1.807, 2.05) is 0 Å². The molecule has 0 atom stereocenters. The van der Waals surface area contributed by atoms with E-state index in [0.29, 0.717) is 12.8 Å². The van der Waals surface area contributed by atoms with Crippen molar-refractivity contribution in [3.63, 3.8) is 0 Å². The summed E-state index contributed by atoms with van der Waals surface area (Å²) in [5.74, 6) is -1.12. The molecule has 1 saturated carbocycles. The maximum absolute atomic E-state index is 12.2. The van der Waals surface area contributed by atoms with Crippen molar-refractivity contribution in [2.45, 2.75) is 38.3 Å². The minimum atomic E-state index is -4.07. The van der Waals surface area contributed by atoms with Crippen LogP contribution in [-0.4, -0.2) is 11.4 Å². The third-order valence-electron chi connectivity index (χ3n) is 2.76. The van der Waals surface area contributed by atoms with Gasteiger partial charge in [-0.25, -0.2) is 0 Å². The van der Waals surface area contributed by atoms with E-state index in [2.05, 4.69) is 0 Å². The van der Waals surface area contributed by atoms with Gasteiger partial charge in [-0.15, -0.1) is 0 Å². The highest BCUT2D eigenvalue weighted by molar-refractivity contribution is 6.63. The zero-order valence-electron chi connectivity index (χ0n) is 7.61. The van der Waals surface area contributed by atoms with Crippen LogP contribution in [-0.2, 0) is 4.79 Å². The van der Waals surface area contributed by atoms with E-state index in [-0.39, 0.29) is 25.2 Å². The number of halogens is 4. The molecule has 0 unspecified atom stereocenters. The van der Waals surface area contributed by atoms with E-state index in [4.69, 9.17) is 11.6 Å². The van der Waals surface area contributed by atoms with Gasteiger partial charge in [-0.3, -0.25) is 4.79 Å². The topological polar surface area (TPSA) is 17.1 Å². The summed E-state index contributed by atoms with van der Waals surface area (Å²) >= 11 is 5.18. The van der Waals surface area contributed by atoms with Crippen LogP contribution >= 0.6 is 11.6 Å². The van der Waals surface area contributed by atoms with E-state index in [1.165, 1.54) is 0 Å². The van der Waals surface area contributed by atoms with Gasteiger partial charge in [0.2, 0.25) is 5.24 Å². The van der Waals surface area contributed by atoms with Gasteiger partial charge >= 0.3 is 6.18 Å². The number of rotatable bonds is 2. The van der Waals surface area contributed by atoms with Gasteiger partial charge in [0.15, 0.2) is 0 Å². The molecule has 1 nitrogen and oxygen atoms in total. The summed E-state index contributed by atoms with van der Waals surface area (Å²) in [5, 5.41) is -0.444. The van der Waals surface area contributed by atoms with E-state index in [1.54, 1.807) is 0 Å². The Balaban J connectivity index is 2.35. The molecule has 1 aliphatic rings. The fourth-order valence-corrected chi connectivity index (χ4v) is 2.14. The van der Waals surface area contributed by atoms with Crippen molar-refractivity contribution in [3.8, 4) is 0 Å². The van der Waals surface area contributed by atoms with Gasteiger partial charge in [0.1, 0.15) is 0 Å². The highest BCUT2D eigenvalue weighted by atomic mass is 35.5. The van der Waals surface area contributed by atoms with Crippen molar-refractivity contribution < 1.29 is 18.0 Å². The van der Waals surface area contributed by atoms with Gasteiger partial charge < -0.3 is 0 Å². The maximum Gasteiger partial charge on any atom is 0.391 e. The average Bonchev–Trinajstić information content (AvgIpc) is 2.02. The average molecular weight is 229 g/mol. The number of alkyl halides is 3. The predicted molar refractivity (Wildman–Crippen MR) is 47.0 cm³/mol. The Labute approximate surface area is 85.6 Å². The van der Waals surface area contributed by atoms with Crippen molar-refractivity contribution in [1.82, 2.24) is 0 Å².